The van der Waals surface area contributed by atoms with Crippen LogP contribution in [0.2, 0.25) is 0 Å². The normalized spacial score (nSPS) is 10.6. The summed E-state index contributed by atoms with van der Waals surface area (Å²) >= 11 is 0. The molecule has 2 aromatic heterocycles. The van der Waals surface area contributed by atoms with Crippen LogP contribution in [0.5, 0.6) is 5.75 Å². The highest BCUT2D eigenvalue weighted by Crippen LogP contribution is 2.26. The molecular weight excluding hydrogens is 364 g/mol. The highest BCUT2D eigenvalue weighted by Gasteiger charge is 2.08. The number of aromatic nitrogens is 2. The molecule has 0 aliphatic heterocycles. The van der Waals surface area contributed by atoms with Gasteiger partial charge in [0, 0.05) is 34.7 Å². The molecule has 6 nitrogen and oxygen atoms in total. The first-order valence-electron chi connectivity index (χ1n) is 9.16. The zero-order valence-electron chi connectivity index (χ0n) is 16.1. The van der Waals surface area contributed by atoms with E-state index in [9.17, 15) is 4.79 Å². The van der Waals surface area contributed by atoms with Gasteiger partial charge < -0.3 is 15.4 Å². The van der Waals surface area contributed by atoms with E-state index in [1.165, 1.54) is 0 Å². The molecule has 4 rings (SSSR count). The zero-order valence-corrected chi connectivity index (χ0v) is 16.1. The lowest BCUT2D eigenvalue weighted by Crippen LogP contribution is -2.11. The van der Waals surface area contributed by atoms with E-state index in [-0.39, 0.29) is 5.91 Å². The van der Waals surface area contributed by atoms with Gasteiger partial charge in [0.05, 0.1) is 12.6 Å². The van der Waals surface area contributed by atoms with Gasteiger partial charge in [0.15, 0.2) is 0 Å². The largest absolute Gasteiger partial charge is 0.497 e. The summed E-state index contributed by atoms with van der Waals surface area (Å²) in [4.78, 5) is 21.0. The lowest BCUT2D eigenvalue weighted by atomic mass is 10.1. The number of carbonyl (C=O) groups excluding carboxylic acids is 1. The first kappa shape index (κ1) is 18.4. The third-order valence-electron chi connectivity index (χ3n) is 4.58. The van der Waals surface area contributed by atoms with Crippen molar-refractivity contribution < 1.29 is 9.53 Å². The van der Waals surface area contributed by atoms with Gasteiger partial charge in [-0.25, -0.2) is 4.98 Å². The maximum atomic E-state index is 12.4. The van der Waals surface area contributed by atoms with Gasteiger partial charge in [-0.05, 0) is 73.2 Å². The number of fused-ring (bicyclic) bond motifs is 1. The molecule has 29 heavy (non-hydrogen) atoms. The van der Waals surface area contributed by atoms with E-state index in [1.807, 2.05) is 55.5 Å². The Morgan fingerprint density at radius 3 is 2.38 bits per heavy atom. The fourth-order valence-electron chi connectivity index (χ4n) is 3.06. The fourth-order valence-corrected chi connectivity index (χ4v) is 3.06. The SMILES string of the molecule is COc1ccc(Nc2cc(C)c3cc(NC(=O)c4ccncc4)ccc3n2)cc1. The molecule has 0 saturated heterocycles. The molecule has 6 heteroatoms. The van der Waals surface area contributed by atoms with Crippen molar-refractivity contribution in [3.63, 3.8) is 0 Å². The number of nitrogens with zero attached hydrogens (tertiary/aromatic N) is 2. The molecule has 0 bridgehead atoms. The Hall–Kier alpha value is -3.93. The molecule has 0 unspecified atom stereocenters. The monoisotopic (exact) mass is 384 g/mol. The van der Waals surface area contributed by atoms with Gasteiger partial charge in [0.2, 0.25) is 0 Å². The lowest BCUT2D eigenvalue weighted by molar-refractivity contribution is 0.102. The Balaban J connectivity index is 1.57. The van der Waals surface area contributed by atoms with E-state index >= 15 is 0 Å². The molecule has 2 aromatic carbocycles. The van der Waals surface area contributed by atoms with Crippen LogP contribution in [0.4, 0.5) is 17.2 Å². The summed E-state index contributed by atoms with van der Waals surface area (Å²) in [6.07, 6.45) is 3.20. The molecule has 0 aliphatic rings. The minimum atomic E-state index is -0.171. The van der Waals surface area contributed by atoms with Crippen LogP contribution in [0.3, 0.4) is 0 Å². The van der Waals surface area contributed by atoms with Crippen LogP contribution in [0.25, 0.3) is 10.9 Å². The summed E-state index contributed by atoms with van der Waals surface area (Å²) in [7, 11) is 1.64. The van der Waals surface area contributed by atoms with Crippen molar-refractivity contribution >= 4 is 34.0 Å². The second-order valence-corrected chi connectivity index (χ2v) is 6.60. The van der Waals surface area contributed by atoms with Crippen molar-refractivity contribution in [2.45, 2.75) is 6.92 Å². The molecule has 0 atom stereocenters. The first-order valence-corrected chi connectivity index (χ1v) is 9.16. The van der Waals surface area contributed by atoms with Crippen LogP contribution in [0.15, 0.2) is 73.1 Å². The van der Waals surface area contributed by atoms with E-state index in [1.54, 1.807) is 31.6 Å². The van der Waals surface area contributed by atoms with Gasteiger partial charge in [0.25, 0.3) is 5.91 Å². The molecule has 2 N–H and O–H groups in total. The van der Waals surface area contributed by atoms with Crippen LogP contribution < -0.4 is 15.4 Å². The Bertz CT molecular complexity index is 1160. The molecule has 1 amide bonds. The van der Waals surface area contributed by atoms with Crippen LogP contribution in [-0.2, 0) is 0 Å². The lowest BCUT2D eigenvalue weighted by Gasteiger charge is -2.11. The second-order valence-electron chi connectivity index (χ2n) is 6.60. The number of methoxy groups -OCH3 is 1. The number of anilines is 3. The minimum absolute atomic E-state index is 0.171. The van der Waals surface area contributed by atoms with E-state index in [0.717, 1.165) is 39.4 Å². The number of ether oxygens (including phenoxy) is 1. The predicted octanol–water partition coefficient (Wildman–Crippen LogP) is 4.94. The van der Waals surface area contributed by atoms with Gasteiger partial charge in [-0.15, -0.1) is 0 Å². The minimum Gasteiger partial charge on any atom is -0.497 e. The third-order valence-corrected chi connectivity index (χ3v) is 4.58. The summed E-state index contributed by atoms with van der Waals surface area (Å²) in [6.45, 7) is 2.03. The zero-order chi connectivity index (χ0) is 20.2. The van der Waals surface area contributed by atoms with Gasteiger partial charge in [-0.1, -0.05) is 0 Å². The van der Waals surface area contributed by atoms with Crippen LogP contribution >= 0.6 is 0 Å². The van der Waals surface area contributed by atoms with Gasteiger partial charge in [-0.3, -0.25) is 9.78 Å². The molecule has 4 aromatic rings. The van der Waals surface area contributed by atoms with E-state index in [0.29, 0.717) is 5.56 Å². The topological polar surface area (TPSA) is 76.1 Å². The molecule has 2 heterocycles. The second kappa shape index (κ2) is 7.98. The molecule has 144 valence electrons. The summed E-state index contributed by atoms with van der Waals surface area (Å²) in [5, 5.41) is 7.22. The van der Waals surface area contributed by atoms with Crippen molar-refractivity contribution in [2.75, 3.05) is 17.7 Å². The Kier molecular flexibility index (Phi) is 5.07. The standard InChI is InChI=1S/C23H20N4O2/c1-15-13-22(25-17-3-6-19(29-2)7-4-17)27-21-8-5-18(14-20(15)21)26-23(28)16-9-11-24-12-10-16/h3-14H,1-2H3,(H,25,27)(H,26,28). The maximum absolute atomic E-state index is 12.4. The van der Waals surface area contributed by atoms with Gasteiger partial charge in [0.1, 0.15) is 11.6 Å². The third kappa shape index (κ3) is 4.16. The summed E-state index contributed by atoms with van der Waals surface area (Å²) in [6, 6.07) is 18.7. The molecule has 0 spiro atoms. The Morgan fingerprint density at radius 1 is 0.931 bits per heavy atom. The number of pyridine rings is 2. The summed E-state index contributed by atoms with van der Waals surface area (Å²) in [5.74, 6) is 1.39. The molecule has 0 radical (unpaired) electrons. The van der Waals surface area contributed by atoms with E-state index in [4.69, 9.17) is 4.74 Å². The Morgan fingerprint density at radius 2 is 1.66 bits per heavy atom. The predicted molar refractivity (Wildman–Crippen MR) is 115 cm³/mol. The molecule has 0 saturated carbocycles. The first-order chi connectivity index (χ1) is 14.1. The fraction of sp³-hybridized carbons (Fsp3) is 0.0870. The number of carbonyl (C=O) groups is 1. The Labute approximate surface area is 168 Å². The van der Waals surface area contributed by atoms with E-state index in [2.05, 4.69) is 20.6 Å². The number of aryl methyl sites for hydroxylation is 1. The number of hydrogen-bond donors (Lipinski definition) is 2. The van der Waals surface area contributed by atoms with Crippen LogP contribution in [-0.4, -0.2) is 23.0 Å². The number of hydrogen-bond acceptors (Lipinski definition) is 5. The summed E-state index contributed by atoms with van der Waals surface area (Å²) < 4.78 is 5.19. The number of rotatable bonds is 5. The average Bonchev–Trinajstić information content (AvgIpc) is 2.75. The van der Waals surface area contributed by atoms with Crippen LogP contribution in [0, 0.1) is 6.92 Å². The number of benzene rings is 2. The van der Waals surface area contributed by atoms with Gasteiger partial charge >= 0.3 is 0 Å². The summed E-state index contributed by atoms with van der Waals surface area (Å²) in [5.41, 5.74) is 4.13. The van der Waals surface area contributed by atoms with Crippen molar-refractivity contribution in [3.8, 4) is 5.75 Å². The number of amides is 1. The molecular formula is C23H20N4O2. The van der Waals surface area contributed by atoms with Crippen molar-refractivity contribution in [2.24, 2.45) is 0 Å². The van der Waals surface area contributed by atoms with Crippen LogP contribution in [0.1, 0.15) is 15.9 Å². The highest BCUT2D eigenvalue weighted by molar-refractivity contribution is 6.05. The molecule has 0 fully saturated rings. The van der Waals surface area contributed by atoms with E-state index < -0.39 is 0 Å². The molecule has 0 aliphatic carbocycles. The maximum Gasteiger partial charge on any atom is 0.255 e. The van der Waals surface area contributed by atoms with Crippen molar-refractivity contribution in [3.05, 3.63) is 84.2 Å². The van der Waals surface area contributed by atoms with Crippen molar-refractivity contribution in [1.29, 1.82) is 0 Å². The quantitative estimate of drug-likeness (QED) is 0.509. The smallest absolute Gasteiger partial charge is 0.255 e. The average molecular weight is 384 g/mol. The number of nitrogens with one attached hydrogen (secondary N) is 2. The van der Waals surface area contributed by atoms with Crippen molar-refractivity contribution in [1.82, 2.24) is 9.97 Å². The van der Waals surface area contributed by atoms with Gasteiger partial charge in [-0.2, -0.15) is 0 Å². The highest BCUT2D eigenvalue weighted by atomic mass is 16.5.